The second kappa shape index (κ2) is 6.54. The van der Waals surface area contributed by atoms with E-state index in [4.69, 9.17) is 0 Å². The molecular formula is C10H20N4. The van der Waals surface area contributed by atoms with E-state index in [0.29, 0.717) is 6.04 Å². The minimum absolute atomic E-state index is 0.484. The largest absolute Gasteiger partial charge is 0.351 e. The Balaban J connectivity index is 2.41. The van der Waals surface area contributed by atoms with Gasteiger partial charge in [0.15, 0.2) is 0 Å². The molecule has 0 aromatic carbocycles. The smallest absolute Gasteiger partial charge is 0.217 e. The standard InChI is InChI=1S/C10H20N4/c1-3-12-10(13-4-2)14-9-6-5-7-11-8-9/h3,9,11H,4-8H2,1-2H3,(H,13,14)/b12-3-/t9-/m0/s1. The molecule has 1 saturated heterocycles. The lowest BCUT2D eigenvalue weighted by Crippen LogP contribution is -2.45. The summed E-state index contributed by atoms with van der Waals surface area (Å²) in [4.78, 5) is 8.48. The first-order valence-corrected chi connectivity index (χ1v) is 5.37. The average Bonchev–Trinajstić information content (AvgIpc) is 2.20. The topological polar surface area (TPSA) is 48.8 Å². The average molecular weight is 196 g/mol. The molecule has 0 aromatic heterocycles. The molecule has 1 rings (SSSR count). The Morgan fingerprint density at radius 2 is 2.50 bits per heavy atom. The van der Waals surface area contributed by atoms with Crippen LogP contribution in [0.3, 0.4) is 0 Å². The predicted molar refractivity (Wildman–Crippen MR) is 61.2 cm³/mol. The normalized spacial score (nSPS) is 24.1. The summed E-state index contributed by atoms with van der Waals surface area (Å²) in [5, 5.41) is 6.70. The molecule has 0 amide bonds. The van der Waals surface area contributed by atoms with Crippen molar-refractivity contribution in [1.82, 2.24) is 10.6 Å². The van der Waals surface area contributed by atoms with E-state index >= 15 is 0 Å². The van der Waals surface area contributed by atoms with E-state index in [2.05, 4.69) is 20.6 Å². The molecule has 80 valence electrons. The van der Waals surface area contributed by atoms with Crippen LogP contribution in [0.25, 0.3) is 0 Å². The molecule has 2 N–H and O–H groups in total. The van der Waals surface area contributed by atoms with Crippen LogP contribution in [0.1, 0.15) is 26.7 Å². The van der Waals surface area contributed by atoms with Gasteiger partial charge in [-0.3, -0.25) is 4.99 Å². The van der Waals surface area contributed by atoms with Crippen molar-refractivity contribution in [3.8, 4) is 0 Å². The van der Waals surface area contributed by atoms with Gasteiger partial charge >= 0.3 is 0 Å². The second-order valence-electron chi connectivity index (χ2n) is 3.37. The number of hydrogen-bond donors (Lipinski definition) is 2. The summed E-state index contributed by atoms with van der Waals surface area (Å²) in [6, 6.07) is 0.484. The summed E-state index contributed by atoms with van der Waals surface area (Å²) in [6.45, 7) is 6.86. The number of hydrogen-bond acceptors (Lipinski definition) is 2. The van der Waals surface area contributed by atoms with E-state index in [1.807, 2.05) is 13.8 Å². The summed E-state index contributed by atoms with van der Waals surface area (Å²) in [5.74, 6) is 0.767. The van der Waals surface area contributed by atoms with E-state index in [0.717, 1.165) is 25.6 Å². The molecule has 1 atom stereocenters. The molecule has 0 saturated carbocycles. The Bertz CT molecular complexity index is 204. The van der Waals surface area contributed by atoms with Crippen LogP contribution in [-0.4, -0.2) is 37.9 Å². The van der Waals surface area contributed by atoms with Crippen molar-refractivity contribution in [2.45, 2.75) is 32.7 Å². The van der Waals surface area contributed by atoms with Crippen LogP contribution in [0.15, 0.2) is 9.98 Å². The number of nitrogens with zero attached hydrogens (tertiary/aromatic N) is 2. The van der Waals surface area contributed by atoms with E-state index in [1.54, 1.807) is 6.21 Å². The van der Waals surface area contributed by atoms with Gasteiger partial charge in [0.1, 0.15) is 0 Å². The van der Waals surface area contributed by atoms with Gasteiger partial charge in [0.05, 0.1) is 0 Å². The van der Waals surface area contributed by atoms with Crippen molar-refractivity contribution in [1.29, 1.82) is 0 Å². The van der Waals surface area contributed by atoms with Crippen molar-refractivity contribution in [2.75, 3.05) is 19.6 Å². The first-order chi connectivity index (χ1) is 6.86. The van der Waals surface area contributed by atoms with Crippen molar-refractivity contribution in [3.63, 3.8) is 0 Å². The van der Waals surface area contributed by atoms with Crippen molar-refractivity contribution in [3.05, 3.63) is 0 Å². The number of nitrogens with one attached hydrogen (secondary N) is 2. The molecule has 14 heavy (non-hydrogen) atoms. The SMILES string of the molecule is C/C=N\C(=N/CC)N[C@H]1CCCNC1. The lowest BCUT2D eigenvalue weighted by Gasteiger charge is -2.24. The van der Waals surface area contributed by atoms with Crippen molar-refractivity contribution in [2.24, 2.45) is 9.98 Å². The lowest BCUT2D eigenvalue weighted by molar-refractivity contribution is 0.430. The third-order valence-electron chi connectivity index (χ3n) is 2.19. The highest BCUT2D eigenvalue weighted by atomic mass is 15.2. The molecule has 1 aliphatic rings. The minimum Gasteiger partial charge on any atom is -0.351 e. The first kappa shape index (κ1) is 11.2. The zero-order valence-corrected chi connectivity index (χ0v) is 9.08. The van der Waals surface area contributed by atoms with Crippen LogP contribution in [-0.2, 0) is 0 Å². The zero-order chi connectivity index (χ0) is 10.2. The number of aliphatic imine (C=N–C) groups is 2. The van der Waals surface area contributed by atoms with Crippen LogP contribution in [0.2, 0.25) is 0 Å². The van der Waals surface area contributed by atoms with Crippen LogP contribution in [0, 0.1) is 0 Å². The maximum absolute atomic E-state index is 4.29. The molecule has 0 spiro atoms. The van der Waals surface area contributed by atoms with Crippen LogP contribution in [0.4, 0.5) is 0 Å². The molecular weight excluding hydrogens is 176 g/mol. The maximum Gasteiger partial charge on any atom is 0.217 e. The Morgan fingerprint density at radius 1 is 1.64 bits per heavy atom. The molecule has 4 nitrogen and oxygen atoms in total. The van der Waals surface area contributed by atoms with Crippen LogP contribution in [0.5, 0.6) is 0 Å². The third kappa shape index (κ3) is 3.87. The molecule has 0 bridgehead atoms. The predicted octanol–water partition coefficient (Wildman–Crippen LogP) is 0.795. The molecule has 0 aromatic rings. The van der Waals surface area contributed by atoms with Gasteiger partial charge in [-0.05, 0) is 33.2 Å². The Kier molecular flexibility index (Phi) is 5.22. The van der Waals surface area contributed by atoms with Gasteiger partial charge in [-0.15, -0.1) is 0 Å². The summed E-state index contributed by atoms with van der Waals surface area (Å²) in [6.07, 6.45) is 4.21. The summed E-state index contributed by atoms with van der Waals surface area (Å²) in [7, 11) is 0. The van der Waals surface area contributed by atoms with Crippen molar-refractivity contribution >= 4 is 12.2 Å². The minimum atomic E-state index is 0.484. The van der Waals surface area contributed by atoms with Crippen molar-refractivity contribution < 1.29 is 0 Å². The first-order valence-electron chi connectivity index (χ1n) is 5.37. The highest BCUT2D eigenvalue weighted by molar-refractivity contribution is 5.87. The maximum atomic E-state index is 4.29. The molecule has 4 heteroatoms. The fourth-order valence-corrected chi connectivity index (χ4v) is 1.55. The van der Waals surface area contributed by atoms with Gasteiger partial charge in [0.25, 0.3) is 0 Å². The number of piperidine rings is 1. The van der Waals surface area contributed by atoms with Crippen LogP contribution >= 0.6 is 0 Å². The fourth-order valence-electron chi connectivity index (χ4n) is 1.55. The van der Waals surface area contributed by atoms with E-state index < -0.39 is 0 Å². The molecule has 0 radical (unpaired) electrons. The Hall–Kier alpha value is -0.900. The molecule has 0 aliphatic carbocycles. The molecule has 1 aliphatic heterocycles. The quantitative estimate of drug-likeness (QED) is 0.507. The lowest BCUT2D eigenvalue weighted by atomic mass is 10.1. The van der Waals surface area contributed by atoms with E-state index in [9.17, 15) is 0 Å². The van der Waals surface area contributed by atoms with Crippen LogP contribution < -0.4 is 10.6 Å². The summed E-state index contributed by atoms with van der Waals surface area (Å²) < 4.78 is 0. The monoisotopic (exact) mass is 196 g/mol. The highest BCUT2D eigenvalue weighted by Crippen LogP contribution is 2.01. The van der Waals surface area contributed by atoms with Gasteiger partial charge in [-0.2, -0.15) is 0 Å². The van der Waals surface area contributed by atoms with Gasteiger partial charge in [0, 0.05) is 25.3 Å². The van der Waals surface area contributed by atoms with Gasteiger partial charge < -0.3 is 10.6 Å². The second-order valence-corrected chi connectivity index (χ2v) is 3.37. The van der Waals surface area contributed by atoms with Gasteiger partial charge in [0.2, 0.25) is 5.96 Å². The van der Waals surface area contributed by atoms with Gasteiger partial charge in [-0.1, -0.05) is 0 Å². The molecule has 0 unspecified atom stereocenters. The zero-order valence-electron chi connectivity index (χ0n) is 9.08. The molecule has 1 heterocycles. The van der Waals surface area contributed by atoms with E-state index in [1.165, 1.54) is 12.8 Å². The molecule has 1 fully saturated rings. The fraction of sp³-hybridized carbons (Fsp3) is 0.800. The van der Waals surface area contributed by atoms with Gasteiger partial charge in [-0.25, -0.2) is 4.99 Å². The summed E-state index contributed by atoms with van der Waals surface area (Å²) >= 11 is 0. The summed E-state index contributed by atoms with van der Waals surface area (Å²) in [5.41, 5.74) is 0. The Labute approximate surface area is 85.9 Å². The number of guanidine groups is 1. The Morgan fingerprint density at radius 3 is 3.07 bits per heavy atom. The highest BCUT2D eigenvalue weighted by Gasteiger charge is 2.13. The third-order valence-corrected chi connectivity index (χ3v) is 2.19. The van der Waals surface area contributed by atoms with E-state index in [-0.39, 0.29) is 0 Å². The number of rotatable bonds is 2.